The van der Waals surface area contributed by atoms with Crippen LogP contribution in [0, 0.1) is 11.8 Å². The van der Waals surface area contributed by atoms with Crippen LogP contribution >= 0.6 is 0 Å². The number of Topliss-reactive ketones (excluding diaryl/α,β-unsaturated/α-hetero) is 2. The molecule has 1 aromatic heterocycles. The van der Waals surface area contributed by atoms with Crippen LogP contribution in [0.15, 0.2) is 53.1 Å². The van der Waals surface area contributed by atoms with Crippen LogP contribution in [-0.4, -0.2) is 73.5 Å². The molecule has 1 aromatic carbocycles. The van der Waals surface area contributed by atoms with Gasteiger partial charge in [0.15, 0.2) is 11.4 Å². The Morgan fingerprint density at radius 3 is 2.55 bits per heavy atom. The van der Waals surface area contributed by atoms with Crippen molar-refractivity contribution in [1.29, 1.82) is 0 Å². The number of phenolic OH excluding ortho intramolecular Hbond substituents is 1. The van der Waals surface area contributed by atoms with Gasteiger partial charge in [-0.3, -0.25) is 19.3 Å². The highest BCUT2D eigenvalue weighted by Gasteiger charge is 2.63. The summed E-state index contributed by atoms with van der Waals surface area (Å²) in [4.78, 5) is 43.7. The lowest BCUT2D eigenvalue weighted by Gasteiger charge is -2.50. The zero-order valence-electron chi connectivity index (χ0n) is 21.0. The van der Waals surface area contributed by atoms with Crippen molar-refractivity contribution >= 4 is 17.5 Å². The fourth-order valence-electron chi connectivity index (χ4n) is 6.29. The molecule has 4 atom stereocenters. The number of carbonyl (C=O) groups is 3. The predicted octanol–water partition coefficient (Wildman–Crippen LogP) is 0.739. The van der Waals surface area contributed by atoms with Crippen molar-refractivity contribution in [2.24, 2.45) is 17.6 Å². The van der Waals surface area contributed by atoms with Crippen LogP contribution in [0.1, 0.15) is 33.6 Å². The molecule has 0 radical (unpaired) electrons. The first-order valence-electron chi connectivity index (χ1n) is 12.3. The van der Waals surface area contributed by atoms with Crippen LogP contribution in [0.25, 0.3) is 0 Å². The minimum absolute atomic E-state index is 0.00459. The lowest BCUT2D eigenvalue weighted by molar-refractivity contribution is -0.148. The predicted molar refractivity (Wildman–Crippen MR) is 135 cm³/mol. The van der Waals surface area contributed by atoms with Crippen molar-refractivity contribution in [2.75, 3.05) is 14.1 Å². The minimum Gasteiger partial charge on any atom is -0.510 e. The average Bonchev–Trinajstić information content (AvgIpc) is 3.36. The first-order chi connectivity index (χ1) is 18.0. The molecular formula is C27H30N4O7. The van der Waals surface area contributed by atoms with Gasteiger partial charge in [0, 0.05) is 36.5 Å². The standard InChI is InChI=1S/C27H30N4O7/c1-31(2)21-16-9-13-8-15-12(10-29-11-14-4-3-7-30-14)5-6-17(32)19(15)22(33)18(13)24(35)27(16,38)25(36)20(23(21)34)26(28)37/h3-7,13,16,21,29-30,32,34-35,38H,8-11H2,1-2H3,(H2,28,37). The average molecular weight is 523 g/mol. The summed E-state index contributed by atoms with van der Waals surface area (Å²) < 4.78 is 0. The van der Waals surface area contributed by atoms with Gasteiger partial charge in [-0.05, 0) is 62.2 Å². The number of likely N-dealkylation sites (N-methyl/N-ethyl adjacent to an activating group) is 1. The molecule has 5 rings (SSSR count). The normalized spacial score (nSPS) is 26.9. The number of H-pyrrole nitrogens is 1. The number of carbonyl (C=O) groups excluding carboxylic acids is 3. The van der Waals surface area contributed by atoms with E-state index in [0.29, 0.717) is 18.7 Å². The summed E-state index contributed by atoms with van der Waals surface area (Å²) in [6.45, 7) is 0.964. The highest BCUT2D eigenvalue weighted by Crippen LogP contribution is 2.52. The van der Waals surface area contributed by atoms with Crippen LogP contribution in [-0.2, 0) is 29.1 Å². The number of hydrogen-bond acceptors (Lipinski definition) is 9. The molecule has 0 spiro atoms. The third-order valence-corrected chi connectivity index (χ3v) is 8.00. The zero-order chi connectivity index (χ0) is 27.5. The van der Waals surface area contributed by atoms with Crippen LogP contribution in [0.3, 0.4) is 0 Å². The van der Waals surface area contributed by atoms with Crippen LogP contribution < -0.4 is 11.1 Å². The van der Waals surface area contributed by atoms with E-state index in [9.17, 15) is 34.8 Å². The molecule has 0 fully saturated rings. The third kappa shape index (κ3) is 3.65. The Bertz CT molecular complexity index is 1410. The number of nitrogens with zero attached hydrogens (tertiary/aromatic N) is 1. The van der Waals surface area contributed by atoms with E-state index < -0.39 is 58.0 Å². The topological polar surface area (TPSA) is 189 Å². The van der Waals surface area contributed by atoms with E-state index in [1.165, 1.54) is 11.0 Å². The molecule has 0 saturated carbocycles. The lowest BCUT2D eigenvalue weighted by atomic mass is 9.58. The maximum atomic E-state index is 13.7. The number of primary amides is 1. The van der Waals surface area contributed by atoms with Gasteiger partial charge in [-0.2, -0.15) is 0 Å². The number of fused-ring (bicyclic) bond motifs is 3. The van der Waals surface area contributed by atoms with E-state index >= 15 is 0 Å². The van der Waals surface area contributed by atoms with Gasteiger partial charge >= 0.3 is 0 Å². The van der Waals surface area contributed by atoms with Gasteiger partial charge in [0.05, 0.1) is 11.6 Å². The van der Waals surface area contributed by atoms with Crippen molar-refractivity contribution in [3.63, 3.8) is 0 Å². The van der Waals surface area contributed by atoms with Gasteiger partial charge in [-0.25, -0.2) is 0 Å². The number of aromatic nitrogens is 1. The largest absolute Gasteiger partial charge is 0.510 e. The molecule has 0 saturated heterocycles. The van der Waals surface area contributed by atoms with E-state index in [4.69, 9.17) is 5.73 Å². The maximum absolute atomic E-state index is 13.7. The number of hydrogen-bond donors (Lipinski definition) is 7. The molecule has 11 nitrogen and oxygen atoms in total. The highest BCUT2D eigenvalue weighted by atomic mass is 16.3. The Kier molecular flexibility index (Phi) is 6.17. The Hall–Kier alpha value is -3.93. The summed E-state index contributed by atoms with van der Waals surface area (Å²) in [5, 5.41) is 47.8. The van der Waals surface area contributed by atoms with Crippen molar-refractivity contribution in [1.82, 2.24) is 15.2 Å². The Labute approximate surface area is 218 Å². The van der Waals surface area contributed by atoms with E-state index in [-0.39, 0.29) is 29.7 Å². The number of nitrogens with one attached hydrogen (secondary N) is 2. The number of ketones is 2. The minimum atomic E-state index is -2.64. The van der Waals surface area contributed by atoms with E-state index in [1.807, 2.05) is 18.3 Å². The van der Waals surface area contributed by atoms with E-state index in [0.717, 1.165) is 11.3 Å². The molecule has 1 heterocycles. The Balaban J connectivity index is 1.58. The van der Waals surface area contributed by atoms with Gasteiger partial charge < -0.3 is 36.5 Å². The van der Waals surface area contributed by atoms with Crippen molar-refractivity contribution in [2.45, 2.75) is 37.6 Å². The SMILES string of the molecule is CN(C)C1C(O)=C(C(N)=O)C(=O)C2(O)C(O)=C3C(=O)c4c(O)ccc(CNCc5ccc[nH]5)c4CC3CC12. The van der Waals surface area contributed by atoms with E-state index in [2.05, 4.69) is 10.3 Å². The molecule has 1 amide bonds. The highest BCUT2D eigenvalue weighted by molar-refractivity contribution is 6.24. The molecule has 8 N–H and O–H groups in total. The number of amides is 1. The summed E-state index contributed by atoms with van der Waals surface area (Å²) in [6.07, 6.45) is 2.12. The van der Waals surface area contributed by atoms with Crippen LogP contribution in [0.4, 0.5) is 0 Å². The second kappa shape index (κ2) is 9.12. The summed E-state index contributed by atoms with van der Waals surface area (Å²) in [5.74, 6) is -6.59. The number of aliphatic hydroxyl groups excluding tert-OH is 2. The first kappa shape index (κ1) is 25.7. The summed E-state index contributed by atoms with van der Waals surface area (Å²) in [5.41, 5.74) is 4.11. The molecule has 0 bridgehead atoms. The molecule has 11 heteroatoms. The number of rotatable bonds is 6. The number of aromatic amines is 1. The molecule has 3 aliphatic carbocycles. The quantitative estimate of drug-likeness (QED) is 0.268. The number of nitrogens with two attached hydrogens (primary N) is 1. The number of phenols is 1. The molecular weight excluding hydrogens is 492 g/mol. The number of allylic oxidation sites excluding steroid dienone is 1. The maximum Gasteiger partial charge on any atom is 0.255 e. The summed E-state index contributed by atoms with van der Waals surface area (Å²) >= 11 is 0. The molecule has 38 heavy (non-hydrogen) atoms. The smallest absolute Gasteiger partial charge is 0.255 e. The van der Waals surface area contributed by atoms with Crippen molar-refractivity contribution in [3.05, 3.63) is 75.5 Å². The van der Waals surface area contributed by atoms with Gasteiger partial charge in [-0.15, -0.1) is 0 Å². The summed E-state index contributed by atoms with van der Waals surface area (Å²) in [6, 6.07) is 5.94. The van der Waals surface area contributed by atoms with Crippen molar-refractivity contribution in [3.8, 4) is 5.75 Å². The molecule has 4 unspecified atom stereocenters. The first-order valence-corrected chi connectivity index (χ1v) is 12.3. The number of aromatic hydroxyl groups is 1. The van der Waals surface area contributed by atoms with Crippen LogP contribution in [0.2, 0.25) is 0 Å². The number of aliphatic hydroxyl groups is 3. The fourth-order valence-corrected chi connectivity index (χ4v) is 6.29. The van der Waals surface area contributed by atoms with Gasteiger partial charge in [0.1, 0.15) is 22.8 Å². The van der Waals surface area contributed by atoms with E-state index in [1.54, 1.807) is 20.2 Å². The molecule has 0 aliphatic heterocycles. The van der Waals surface area contributed by atoms with Gasteiger partial charge in [-0.1, -0.05) is 6.07 Å². The zero-order valence-corrected chi connectivity index (χ0v) is 21.0. The molecule has 2 aromatic rings. The van der Waals surface area contributed by atoms with Crippen molar-refractivity contribution < 1.29 is 34.8 Å². The Morgan fingerprint density at radius 1 is 1.18 bits per heavy atom. The summed E-state index contributed by atoms with van der Waals surface area (Å²) in [7, 11) is 3.19. The monoisotopic (exact) mass is 522 g/mol. The van der Waals surface area contributed by atoms with Gasteiger partial charge in [0.25, 0.3) is 5.91 Å². The fraction of sp³-hybridized carbons (Fsp3) is 0.370. The second-order valence-corrected chi connectivity index (χ2v) is 10.4. The van der Waals surface area contributed by atoms with Crippen LogP contribution in [0.5, 0.6) is 5.75 Å². The molecule has 3 aliphatic rings. The number of benzene rings is 1. The van der Waals surface area contributed by atoms with Gasteiger partial charge in [0.2, 0.25) is 5.78 Å². The molecule has 200 valence electrons. The third-order valence-electron chi connectivity index (χ3n) is 8.00. The Morgan fingerprint density at radius 2 is 1.92 bits per heavy atom. The lowest BCUT2D eigenvalue weighted by Crippen LogP contribution is -2.63. The second-order valence-electron chi connectivity index (χ2n) is 10.4.